The molecule has 1 aromatic carbocycles. The third-order valence-electron chi connectivity index (χ3n) is 4.01. The fraction of sp³-hybridized carbons (Fsp3) is 0.462. The molecule has 1 aromatic heterocycles. The van der Waals surface area contributed by atoms with Crippen molar-refractivity contribution in [3.63, 3.8) is 0 Å². The number of hydrogen-bond acceptors (Lipinski definition) is 3. The Kier molecular flexibility index (Phi) is 3.47. The van der Waals surface area contributed by atoms with Gasteiger partial charge in [0, 0.05) is 11.5 Å². The first-order chi connectivity index (χ1) is 9.59. The highest BCUT2D eigenvalue weighted by molar-refractivity contribution is 6.59. The Labute approximate surface area is 115 Å². The molecule has 0 unspecified atom stereocenters. The Morgan fingerprint density at radius 1 is 1.15 bits per heavy atom. The highest BCUT2D eigenvalue weighted by Crippen LogP contribution is 2.31. The second-order valence-electron chi connectivity index (χ2n) is 5.28. The summed E-state index contributed by atoms with van der Waals surface area (Å²) < 4.78 is 29.8. The molecule has 0 atom stereocenters. The maximum atomic E-state index is 14.2. The quantitative estimate of drug-likeness (QED) is 0.820. The van der Waals surface area contributed by atoms with E-state index in [2.05, 4.69) is 4.98 Å². The van der Waals surface area contributed by atoms with Gasteiger partial charge in [0.1, 0.15) is 5.52 Å². The zero-order chi connectivity index (χ0) is 14.3. The van der Waals surface area contributed by atoms with Gasteiger partial charge in [-0.25, -0.2) is 13.8 Å². The molecule has 1 fully saturated rings. The average molecular weight is 280 g/mol. The van der Waals surface area contributed by atoms with Crippen molar-refractivity contribution in [2.24, 2.45) is 0 Å². The fourth-order valence-electron chi connectivity index (χ4n) is 2.97. The van der Waals surface area contributed by atoms with E-state index in [-0.39, 0.29) is 17.1 Å². The van der Waals surface area contributed by atoms with Gasteiger partial charge in [0.25, 0.3) is 0 Å². The standard InChI is InChI=1S/C13H15BF2N2O2/c15-11-9(14(19)20)6-10-13(12(11)16)18(7-17-10)8-4-2-1-3-5-8/h6-8,19-20H,1-5H2. The summed E-state index contributed by atoms with van der Waals surface area (Å²) >= 11 is 0. The first-order valence-corrected chi connectivity index (χ1v) is 6.80. The summed E-state index contributed by atoms with van der Waals surface area (Å²) in [7, 11) is -2.05. The van der Waals surface area contributed by atoms with E-state index >= 15 is 0 Å². The fourth-order valence-corrected chi connectivity index (χ4v) is 2.97. The molecule has 1 saturated carbocycles. The highest BCUT2D eigenvalue weighted by atomic mass is 19.2. The minimum absolute atomic E-state index is 0.110. The summed E-state index contributed by atoms with van der Waals surface area (Å²) in [6.45, 7) is 0. The Morgan fingerprint density at radius 3 is 2.50 bits per heavy atom. The number of nitrogens with zero attached hydrogens (tertiary/aromatic N) is 2. The molecule has 2 aromatic rings. The minimum Gasteiger partial charge on any atom is -0.423 e. The molecule has 4 nitrogen and oxygen atoms in total. The first-order valence-electron chi connectivity index (χ1n) is 6.80. The van der Waals surface area contributed by atoms with Crippen LogP contribution in [-0.2, 0) is 0 Å². The van der Waals surface area contributed by atoms with Crippen LogP contribution >= 0.6 is 0 Å². The van der Waals surface area contributed by atoms with E-state index in [1.54, 1.807) is 4.57 Å². The summed E-state index contributed by atoms with van der Waals surface area (Å²) in [5, 5.41) is 18.1. The summed E-state index contributed by atoms with van der Waals surface area (Å²) in [6.07, 6.45) is 6.68. The molecule has 0 radical (unpaired) electrons. The SMILES string of the molecule is OB(O)c1cc2ncn(C3CCCCC3)c2c(F)c1F. The number of aromatic nitrogens is 2. The Hall–Kier alpha value is -1.47. The largest absolute Gasteiger partial charge is 0.491 e. The lowest BCUT2D eigenvalue weighted by atomic mass is 9.79. The maximum Gasteiger partial charge on any atom is 0.491 e. The Balaban J connectivity index is 2.14. The molecular weight excluding hydrogens is 265 g/mol. The normalized spacial score (nSPS) is 16.8. The van der Waals surface area contributed by atoms with Crippen molar-refractivity contribution in [1.29, 1.82) is 0 Å². The number of rotatable bonds is 2. The number of benzene rings is 1. The predicted molar refractivity (Wildman–Crippen MR) is 71.6 cm³/mol. The molecule has 20 heavy (non-hydrogen) atoms. The predicted octanol–water partition coefficient (Wildman–Crippen LogP) is 1.50. The van der Waals surface area contributed by atoms with Gasteiger partial charge >= 0.3 is 7.12 Å². The van der Waals surface area contributed by atoms with Crippen LogP contribution < -0.4 is 5.46 Å². The van der Waals surface area contributed by atoms with E-state index in [1.807, 2.05) is 0 Å². The minimum atomic E-state index is -2.05. The molecule has 3 rings (SSSR count). The summed E-state index contributed by atoms with van der Waals surface area (Å²) in [5.41, 5.74) is -0.125. The van der Waals surface area contributed by atoms with Gasteiger partial charge in [-0.05, 0) is 18.9 Å². The lowest BCUT2D eigenvalue weighted by molar-refractivity contribution is 0.356. The van der Waals surface area contributed by atoms with Crippen molar-refractivity contribution in [1.82, 2.24) is 9.55 Å². The first kappa shape index (κ1) is 13.5. The van der Waals surface area contributed by atoms with Crippen molar-refractivity contribution in [2.75, 3.05) is 0 Å². The molecule has 0 bridgehead atoms. The van der Waals surface area contributed by atoms with E-state index in [0.717, 1.165) is 25.7 Å². The number of fused-ring (bicyclic) bond motifs is 1. The topological polar surface area (TPSA) is 58.3 Å². The van der Waals surface area contributed by atoms with Crippen molar-refractivity contribution in [3.8, 4) is 0 Å². The molecular formula is C13H15BF2N2O2. The second-order valence-corrected chi connectivity index (χ2v) is 5.28. The molecule has 2 N–H and O–H groups in total. The van der Waals surface area contributed by atoms with E-state index in [4.69, 9.17) is 10.0 Å². The van der Waals surface area contributed by atoms with Gasteiger partial charge < -0.3 is 14.6 Å². The molecule has 1 aliphatic rings. The van der Waals surface area contributed by atoms with Crippen LogP contribution in [0.3, 0.4) is 0 Å². The molecule has 0 saturated heterocycles. The van der Waals surface area contributed by atoms with E-state index in [0.29, 0.717) is 0 Å². The Bertz CT molecular complexity index is 639. The van der Waals surface area contributed by atoms with E-state index in [1.165, 1.54) is 18.8 Å². The van der Waals surface area contributed by atoms with Crippen molar-refractivity contribution in [2.45, 2.75) is 38.1 Å². The molecule has 1 aliphatic carbocycles. The van der Waals surface area contributed by atoms with Crippen LogP contribution in [0.5, 0.6) is 0 Å². The lowest BCUT2D eigenvalue weighted by Gasteiger charge is -2.23. The van der Waals surface area contributed by atoms with Gasteiger partial charge in [0.05, 0.1) is 11.8 Å². The second kappa shape index (κ2) is 5.14. The summed E-state index contributed by atoms with van der Waals surface area (Å²) in [5.74, 6) is -2.28. The molecule has 0 amide bonds. The van der Waals surface area contributed by atoms with Gasteiger partial charge in [-0.3, -0.25) is 0 Å². The number of hydrogen-bond donors (Lipinski definition) is 2. The highest BCUT2D eigenvalue weighted by Gasteiger charge is 2.26. The van der Waals surface area contributed by atoms with Crippen LogP contribution in [0.2, 0.25) is 0 Å². The Morgan fingerprint density at radius 2 is 1.85 bits per heavy atom. The van der Waals surface area contributed by atoms with Crippen LogP contribution in [0, 0.1) is 11.6 Å². The molecule has 106 valence electrons. The van der Waals surface area contributed by atoms with Gasteiger partial charge in [-0.2, -0.15) is 0 Å². The maximum absolute atomic E-state index is 14.2. The lowest BCUT2D eigenvalue weighted by Crippen LogP contribution is -2.33. The van der Waals surface area contributed by atoms with Crippen molar-refractivity contribution >= 4 is 23.6 Å². The van der Waals surface area contributed by atoms with Crippen molar-refractivity contribution < 1.29 is 18.8 Å². The van der Waals surface area contributed by atoms with Gasteiger partial charge in [0.2, 0.25) is 0 Å². The average Bonchev–Trinajstić information content (AvgIpc) is 2.87. The summed E-state index contributed by atoms with van der Waals surface area (Å²) in [4.78, 5) is 4.07. The smallest absolute Gasteiger partial charge is 0.423 e. The van der Waals surface area contributed by atoms with E-state index in [9.17, 15) is 8.78 Å². The summed E-state index contributed by atoms with van der Waals surface area (Å²) in [6, 6.07) is 1.32. The zero-order valence-electron chi connectivity index (χ0n) is 10.9. The monoisotopic (exact) mass is 280 g/mol. The molecule has 0 aliphatic heterocycles. The molecule has 0 spiro atoms. The van der Waals surface area contributed by atoms with Gasteiger partial charge in [-0.15, -0.1) is 0 Å². The number of imidazole rings is 1. The van der Waals surface area contributed by atoms with Crippen LogP contribution in [0.15, 0.2) is 12.4 Å². The van der Waals surface area contributed by atoms with Gasteiger partial charge in [0.15, 0.2) is 11.6 Å². The van der Waals surface area contributed by atoms with Gasteiger partial charge in [-0.1, -0.05) is 19.3 Å². The van der Waals surface area contributed by atoms with Crippen LogP contribution in [0.4, 0.5) is 8.78 Å². The number of halogens is 2. The zero-order valence-corrected chi connectivity index (χ0v) is 10.9. The van der Waals surface area contributed by atoms with Crippen LogP contribution in [0.1, 0.15) is 38.1 Å². The van der Waals surface area contributed by atoms with Crippen LogP contribution in [-0.4, -0.2) is 26.7 Å². The van der Waals surface area contributed by atoms with Crippen LogP contribution in [0.25, 0.3) is 11.0 Å². The molecule has 7 heteroatoms. The van der Waals surface area contributed by atoms with Crippen molar-refractivity contribution in [3.05, 3.63) is 24.0 Å². The molecule has 1 heterocycles. The third kappa shape index (κ3) is 2.11. The van der Waals surface area contributed by atoms with E-state index < -0.39 is 24.2 Å². The third-order valence-corrected chi connectivity index (χ3v) is 4.01.